The smallest absolute Gasteiger partial charge is 0.311 e. The van der Waals surface area contributed by atoms with Crippen LogP contribution < -0.4 is 4.74 Å². The zero-order valence-electron chi connectivity index (χ0n) is 7.50. The Bertz CT molecular complexity index is 297. The summed E-state index contributed by atoms with van der Waals surface area (Å²) in [4.78, 5) is 11.2. The number of halogens is 2. The second kappa shape index (κ2) is 6.04. The summed E-state index contributed by atoms with van der Waals surface area (Å²) in [5.41, 5.74) is 0. The van der Waals surface area contributed by atoms with E-state index in [1.54, 1.807) is 24.3 Å². The van der Waals surface area contributed by atoms with Gasteiger partial charge in [-0.1, -0.05) is 27.5 Å². The molecule has 0 saturated heterocycles. The van der Waals surface area contributed by atoms with E-state index in [2.05, 4.69) is 15.9 Å². The minimum absolute atomic E-state index is 0.216. The number of carbonyl (C=O) groups is 1. The molecule has 0 saturated carbocycles. The fraction of sp³-hybridized carbons (Fsp3) is 0.300. The van der Waals surface area contributed by atoms with Crippen LogP contribution in [0.25, 0.3) is 0 Å². The molecular formula is C10H10BrClO2. The van der Waals surface area contributed by atoms with Gasteiger partial charge in [-0.3, -0.25) is 4.79 Å². The highest BCUT2D eigenvalue weighted by Crippen LogP contribution is 2.16. The molecule has 0 N–H and O–H groups in total. The largest absolute Gasteiger partial charge is 0.427 e. The van der Waals surface area contributed by atoms with Crippen LogP contribution in [0.4, 0.5) is 0 Å². The van der Waals surface area contributed by atoms with E-state index in [0.29, 0.717) is 17.2 Å². The van der Waals surface area contributed by atoms with Gasteiger partial charge in [-0.15, -0.1) is 0 Å². The molecule has 0 unspecified atom stereocenters. The highest BCUT2D eigenvalue weighted by Gasteiger charge is 2.03. The molecule has 0 radical (unpaired) electrons. The Morgan fingerprint density at radius 1 is 1.36 bits per heavy atom. The van der Waals surface area contributed by atoms with Crippen molar-refractivity contribution in [2.75, 3.05) is 5.33 Å². The van der Waals surface area contributed by atoms with Gasteiger partial charge >= 0.3 is 5.97 Å². The first-order valence-electron chi connectivity index (χ1n) is 4.24. The predicted molar refractivity (Wildman–Crippen MR) is 60.1 cm³/mol. The number of carbonyl (C=O) groups excluding carboxylic acids is 1. The number of benzene rings is 1. The Labute approximate surface area is 96.3 Å². The van der Waals surface area contributed by atoms with Crippen LogP contribution in [0.2, 0.25) is 5.02 Å². The van der Waals surface area contributed by atoms with E-state index in [-0.39, 0.29) is 5.97 Å². The SMILES string of the molecule is O=C(CCCBr)Oc1ccc(Cl)cc1. The molecule has 1 rings (SSSR count). The van der Waals surface area contributed by atoms with Gasteiger partial charge in [0, 0.05) is 16.8 Å². The fourth-order valence-electron chi connectivity index (χ4n) is 0.896. The Morgan fingerprint density at radius 2 is 2.00 bits per heavy atom. The standard InChI is InChI=1S/C10H10BrClO2/c11-7-1-2-10(13)14-9-5-3-8(12)4-6-9/h3-6H,1-2,7H2. The minimum atomic E-state index is -0.216. The van der Waals surface area contributed by atoms with Gasteiger partial charge in [-0.25, -0.2) is 0 Å². The third kappa shape index (κ3) is 4.11. The summed E-state index contributed by atoms with van der Waals surface area (Å²) in [7, 11) is 0. The third-order valence-electron chi connectivity index (χ3n) is 1.56. The second-order valence-corrected chi connectivity index (χ2v) is 3.95. The molecule has 0 spiro atoms. The van der Waals surface area contributed by atoms with Gasteiger partial charge in [-0.05, 0) is 30.7 Å². The third-order valence-corrected chi connectivity index (χ3v) is 2.37. The summed E-state index contributed by atoms with van der Waals surface area (Å²) < 4.78 is 5.05. The molecule has 0 heterocycles. The maximum Gasteiger partial charge on any atom is 0.311 e. The molecule has 1 aromatic rings. The summed E-state index contributed by atoms with van der Waals surface area (Å²) in [5.74, 6) is 0.320. The average molecular weight is 278 g/mol. The summed E-state index contributed by atoms with van der Waals surface area (Å²) >= 11 is 8.93. The van der Waals surface area contributed by atoms with E-state index in [4.69, 9.17) is 16.3 Å². The zero-order valence-corrected chi connectivity index (χ0v) is 9.85. The molecule has 0 fully saturated rings. The number of hydrogen-bond acceptors (Lipinski definition) is 2. The lowest BCUT2D eigenvalue weighted by atomic mass is 10.3. The first-order valence-corrected chi connectivity index (χ1v) is 5.74. The van der Waals surface area contributed by atoms with Crippen LogP contribution >= 0.6 is 27.5 Å². The summed E-state index contributed by atoms with van der Waals surface area (Å²) in [6, 6.07) is 6.73. The molecule has 76 valence electrons. The fourth-order valence-corrected chi connectivity index (χ4v) is 1.30. The monoisotopic (exact) mass is 276 g/mol. The molecule has 0 aliphatic rings. The number of rotatable bonds is 4. The van der Waals surface area contributed by atoms with Crippen LogP contribution in [-0.2, 0) is 4.79 Å². The average Bonchev–Trinajstić information content (AvgIpc) is 2.18. The first-order chi connectivity index (χ1) is 6.72. The minimum Gasteiger partial charge on any atom is -0.427 e. The molecule has 1 aromatic carbocycles. The normalized spacial score (nSPS) is 9.86. The van der Waals surface area contributed by atoms with E-state index >= 15 is 0 Å². The molecule has 14 heavy (non-hydrogen) atoms. The lowest BCUT2D eigenvalue weighted by molar-refractivity contribution is -0.134. The van der Waals surface area contributed by atoms with Gasteiger partial charge in [0.15, 0.2) is 0 Å². The van der Waals surface area contributed by atoms with Crippen molar-refractivity contribution >= 4 is 33.5 Å². The molecule has 0 amide bonds. The van der Waals surface area contributed by atoms with Crippen molar-refractivity contribution in [1.82, 2.24) is 0 Å². The summed E-state index contributed by atoms with van der Waals surface area (Å²) in [5, 5.41) is 1.44. The quantitative estimate of drug-likeness (QED) is 0.479. The number of ether oxygens (including phenoxy) is 1. The highest BCUT2D eigenvalue weighted by atomic mass is 79.9. The van der Waals surface area contributed by atoms with Crippen LogP contribution in [0.3, 0.4) is 0 Å². The predicted octanol–water partition coefficient (Wildman–Crippen LogP) is 3.42. The van der Waals surface area contributed by atoms with Gasteiger partial charge in [0.2, 0.25) is 0 Å². The molecule has 2 nitrogen and oxygen atoms in total. The number of esters is 1. The van der Waals surface area contributed by atoms with Crippen molar-refractivity contribution in [2.45, 2.75) is 12.8 Å². The van der Waals surface area contributed by atoms with Crippen molar-refractivity contribution in [2.24, 2.45) is 0 Å². The molecular weight excluding hydrogens is 267 g/mol. The Kier molecular flexibility index (Phi) is 4.98. The van der Waals surface area contributed by atoms with Crippen LogP contribution in [0.15, 0.2) is 24.3 Å². The molecule has 4 heteroatoms. The summed E-state index contributed by atoms with van der Waals surface area (Å²) in [6.07, 6.45) is 1.21. The van der Waals surface area contributed by atoms with Crippen molar-refractivity contribution in [3.8, 4) is 5.75 Å². The van der Waals surface area contributed by atoms with Gasteiger partial charge in [0.1, 0.15) is 5.75 Å². The molecule has 0 aliphatic heterocycles. The number of alkyl halides is 1. The molecule has 0 aromatic heterocycles. The Balaban J connectivity index is 2.44. The van der Waals surface area contributed by atoms with Gasteiger partial charge in [0.25, 0.3) is 0 Å². The second-order valence-electron chi connectivity index (χ2n) is 2.72. The molecule has 0 atom stereocenters. The summed E-state index contributed by atoms with van der Waals surface area (Å²) in [6.45, 7) is 0. The Morgan fingerprint density at radius 3 is 2.57 bits per heavy atom. The Hall–Kier alpha value is -0.540. The van der Waals surface area contributed by atoms with Gasteiger partial charge < -0.3 is 4.74 Å². The molecule has 0 aliphatic carbocycles. The highest BCUT2D eigenvalue weighted by molar-refractivity contribution is 9.09. The van der Waals surface area contributed by atoms with Crippen LogP contribution in [0.1, 0.15) is 12.8 Å². The lowest BCUT2D eigenvalue weighted by Gasteiger charge is -2.02. The van der Waals surface area contributed by atoms with E-state index in [1.807, 2.05) is 0 Å². The van der Waals surface area contributed by atoms with Crippen molar-refractivity contribution in [3.05, 3.63) is 29.3 Å². The van der Waals surface area contributed by atoms with Gasteiger partial charge in [0.05, 0.1) is 0 Å². The van der Waals surface area contributed by atoms with E-state index in [1.165, 1.54) is 0 Å². The van der Waals surface area contributed by atoms with Crippen molar-refractivity contribution in [3.63, 3.8) is 0 Å². The lowest BCUT2D eigenvalue weighted by Crippen LogP contribution is -2.07. The van der Waals surface area contributed by atoms with Gasteiger partial charge in [-0.2, -0.15) is 0 Å². The van der Waals surface area contributed by atoms with Crippen LogP contribution in [0, 0.1) is 0 Å². The van der Waals surface area contributed by atoms with Crippen LogP contribution in [0.5, 0.6) is 5.75 Å². The van der Waals surface area contributed by atoms with E-state index < -0.39 is 0 Å². The van der Waals surface area contributed by atoms with Crippen molar-refractivity contribution in [1.29, 1.82) is 0 Å². The topological polar surface area (TPSA) is 26.3 Å². The van der Waals surface area contributed by atoms with E-state index in [9.17, 15) is 4.79 Å². The maximum atomic E-state index is 11.2. The zero-order chi connectivity index (χ0) is 10.4. The van der Waals surface area contributed by atoms with E-state index in [0.717, 1.165) is 11.8 Å². The van der Waals surface area contributed by atoms with Crippen LogP contribution in [-0.4, -0.2) is 11.3 Å². The molecule has 0 bridgehead atoms. The van der Waals surface area contributed by atoms with Crippen molar-refractivity contribution < 1.29 is 9.53 Å². The maximum absolute atomic E-state index is 11.2. The number of hydrogen-bond donors (Lipinski definition) is 0. The first kappa shape index (κ1) is 11.5.